The molecule has 0 bridgehead atoms. The van der Waals surface area contributed by atoms with Gasteiger partial charge in [0.15, 0.2) is 0 Å². The summed E-state index contributed by atoms with van der Waals surface area (Å²) in [5.74, 6) is -0.312. The van der Waals surface area contributed by atoms with Crippen LogP contribution in [0.3, 0.4) is 0 Å². The van der Waals surface area contributed by atoms with Crippen LogP contribution in [0.4, 0.5) is 4.39 Å². The van der Waals surface area contributed by atoms with E-state index < -0.39 is 18.5 Å². The van der Waals surface area contributed by atoms with Crippen molar-refractivity contribution in [3.05, 3.63) is 29.1 Å². The summed E-state index contributed by atoms with van der Waals surface area (Å²) in [7, 11) is 0. The van der Waals surface area contributed by atoms with Gasteiger partial charge < -0.3 is 19.3 Å². The molecule has 1 saturated carbocycles. The van der Waals surface area contributed by atoms with Crippen molar-refractivity contribution < 1.29 is 28.5 Å². The number of hydrogen-bond acceptors (Lipinski definition) is 4. The molecule has 112 valence electrons. The molecule has 1 saturated heterocycles. The van der Waals surface area contributed by atoms with Crippen molar-refractivity contribution in [2.75, 3.05) is 19.8 Å². The normalized spacial score (nSPS) is 32.3. The Morgan fingerprint density at radius 2 is 2.43 bits per heavy atom. The Balaban J connectivity index is 1.81. The molecule has 2 heterocycles. The number of fused-ring (bicyclic) bond motifs is 4. The van der Waals surface area contributed by atoms with Gasteiger partial charge in [-0.1, -0.05) is 12.5 Å². The summed E-state index contributed by atoms with van der Waals surface area (Å²) in [5, 5.41) is 2.06. The summed E-state index contributed by atoms with van der Waals surface area (Å²) in [6.45, 7) is 1.84. The van der Waals surface area contributed by atoms with Gasteiger partial charge in [-0.15, -0.1) is 0 Å². The SMILES string of the molecule is CCOC(=O)c1c(F)ccc2c1O[B-]1([NH2+]CCO1)[C@@H]1C[C@H]21. The lowest BCUT2D eigenvalue weighted by Gasteiger charge is -2.37. The Bertz CT molecular complexity index is 617. The maximum Gasteiger partial charge on any atom is 0.526 e. The van der Waals surface area contributed by atoms with Gasteiger partial charge in [-0.05, 0) is 30.3 Å². The topological polar surface area (TPSA) is 61.4 Å². The molecule has 1 aromatic rings. The number of benzene rings is 1. The summed E-state index contributed by atoms with van der Waals surface area (Å²) < 4.78 is 31.0. The van der Waals surface area contributed by atoms with Crippen molar-refractivity contribution in [1.29, 1.82) is 0 Å². The molecule has 7 heteroatoms. The van der Waals surface area contributed by atoms with E-state index >= 15 is 0 Å². The van der Waals surface area contributed by atoms with Gasteiger partial charge in [0.05, 0.1) is 25.5 Å². The number of carbonyl (C=O) groups excluding carboxylic acids is 1. The van der Waals surface area contributed by atoms with Crippen LogP contribution >= 0.6 is 0 Å². The molecule has 2 aliphatic heterocycles. The molecule has 21 heavy (non-hydrogen) atoms. The fourth-order valence-corrected chi connectivity index (χ4v) is 3.75. The van der Waals surface area contributed by atoms with Crippen molar-refractivity contribution in [2.24, 2.45) is 0 Å². The molecule has 2 N–H and O–H groups in total. The van der Waals surface area contributed by atoms with Crippen molar-refractivity contribution in [3.8, 4) is 5.75 Å². The average Bonchev–Trinajstić information content (AvgIpc) is 3.14. The first-order chi connectivity index (χ1) is 10.2. The number of quaternary nitrogens is 1. The Kier molecular flexibility index (Phi) is 2.77. The molecule has 3 aliphatic rings. The Labute approximate surface area is 121 Å². The van der Waals surface area contributed by atoms with E-state index in [0.717, 1.165) is 18.5 Å². The Morgan fingerprint density at radius 3 is 3.14 bits per heavy atom. The van der Waals surface area contributed by atoms with Crippen LogP contribution in [0.5, 0.6) is 5.75 Å². The zero-order chi connectivity index (χ0) is 14.6. The van der Waals surface area contributed by atoms with Gasteiger partial charge in [-0.2, -0.15) is 0 Å². The predicted octanol–water partition coefficient (Wildman–Crippen LogP) is 0.785. The molecule has 5 nitrogen and oxygen atoms in total. The third kappa shape index (κ3) is 1.80. The van der Waals surface area contributed by atoms with Crippen LogP contribution in [0.15, 0.2) is 12.1 Å². The van der Waals surface area contributed by atoms with Gasteiger partial charge in [-0.3, -0.25) is 0 Å². The lowest BCUT2D eigenvalue weighted by molar-refractivity contribution is -0.533. The van der Waals surface area contributed by atoms with E-state index in [1.807, 2.05) is 0 Å². The first-order valence-electron chi connectivity index (χ1n) is 7.48. The lowest BCUT2D eigenvalue weighted by atomic mass is 9.62. The fourth-order valence-electron chi connectivity index (χ4n) is 3.75. The fraction of sp³-hybridized carbons (Fsp3) is 0.500. The van der Waals surface area contributed by atoms with Gasteiger partial charge in [0.1, 0.15) is 11.4 Å². The molecule has 0 aromatic heterocycles. The highest BCUT2D eigenvalue weighted by atomic mass is 19.1. The highest BCUT2D eigenvalue weighted by Gasteiger charge is 2.63. The molecule has 2 fully saturated rings. The van der Waals surface area contributed by atoms with Crippen LogP contribution in [-0.4, -0.2) is 32.4 Å². The van der Waals surface area contributed by atoms with E-state index in [4.69, 9.17) is 14.0 Å². The summed E-state index contributed by atoms with van der Waals surface area (Å²) >= 11 is 0. The van der Waals surface area contributed by atoms with Crippen LogP contribution in [0.2, 0.25) is 5.82 Å². The van der Waals surface area contributed by atoms with Gasteiger partial charge in [0.2, 0.25) is 0 Å². The van der Waals surface area contributed by atoms with Gasteiger partial charge >= 0.3 is 12.7 Å². The third-order valence-corrected chi connectivity index (χ3v) is 4.75. The number of nitrogens with two attached hydrogens (primary N) is 1. The molecule has 1 spiro atoms. The highest BCUT2D eigenvalue weighted by molar-refractivity contribution is 6.62. The average molecular weight is 293 g/mol. The summed E-state index contributed by atoms with van der Waals surface area (Å²) in [4.78, 5) is 12.1. The molecule has 0 radical (unpaired) electrons. The molecule has 1 aliphatic carbocycles. The minimum atomic E-state index is -1.52. The van der Waals surface area contributed by atoms with Gasteiger partial charge in [0, 0.05) is 0 Å². The predicted molar refractivity (Wildman–Crippen MR) is 72.6 cm³/mol. The molecule has 4 rings (SSSR count). The van der Waals surface area contributed by atoms with E-state index in [9.17, 15) is 9.18 Å². The second-order valence-corrected chi connectivity index (χ2v) is 5.91. The van der Waals surface area contributed by atoms with Crippen molar-refractivity contribution in [2.45, 2.75) is 25.1 Å². The number of hydrogen-bond donors (Lipinski definition) is 1. The smallest absolute Gasteiger partial charge is 0.526 e. The molecular weight excluding hydrogens is 276 g/mol. The van der Waals surface area contributed by atoms with Crippen molar-refractivity contribution in [1.82, 2.24) is 0 Å². The molecule has 0 amide bonds. The number of rotatable bonds is 2. The van der Waals surface area contributed by atoms with E-state index in [1.54, 1.807) is 13.0 Å². The zero-order valence-electron chi connectivity index (χ0n) is 11.8. The molecule has 1 unspecified atom stereocenters. The number of carbonyl (C=O) groups is 1. The summed E-state index contributed by atoms with van der Waals surface area (Å²) in [6.07, 6.45) is 0.970. The van der Waals surface area contributed by atoms with Crippen LogP contribution in [0.25, 0.3) is 0 Å². The number of esters is 1. The first kappa shape index (κ1) is 13.1. The molecule has 3 atom stereocenters. The van der Waals surface area contributed by atoms with E-state index in [1.165, 1.54) is 6.07 Å². The number of ether oxygens (including phenoxy) is 1. The third-order valence-electron chi connectivity index (χ3n) is 4.75. The minimum absolute atomic E-state index is 0.0927. The number of halogens is 1. The quantitative estimate of drug-likeness (QED) is 0.647. The second-order valence-electron chi connectivity index (χ2n) is 5.91. The van der Waals surface area contributed by atoms with Crippen molar-refractivity contribution in [3.63, 3.8) is 0 Å². The van der Waals surface area contributed by atoms with E-state index in [-0.39, 0.29) is 12.2 Å². The van der Waals surface area contributed by atoms with Crippen LogP contribution in [-0.2, 0) is 9.39 Å². The summed E-state index contributed by atoms with van der Waals surface area (Å²) in [5.41, 5.74) is 0.811. The van der Waals surface area contributed by atoms with Crippen LogP contribution in [0, 0.1) is 5.82 Å². The van der Waals surface area contributed by atoms with Crippen LogP contribution in [0.1, 0.15) is 35.2 Å². The van der Waals surface area contributed by atoms with E-state index in [2.05, 4.69) is 5.23 Å². The lowest BCUT2D eigenvalue weighted by Crippen LogP contribution is -3.00. The zero-order valence-corrected chi connectivity index (χ0v) is 11.8. The maximum absolute atomic E-state index is 14.1. The van der Waals surface area contributed by atoms with Gasteiger partial charge in [-0.25, -0.2) is 9.18 Å². The highest BCUT2D eigenvalue weighted by Crippen LogP contribution is 2.63. The molecular formula is C14H17BFNO4. The van der Waals surface area contributed by atoms with E-state index in [0.29, 0.717) is 24.1 Å². The standard InChI is InChI=1S/C14H17BFNO4/c1-2-19-14(18)12-11(16)4-3-8-9-7-10(9)15(21-13(8)12)17-5-6-20-15/h3-4,9-10H,2,5-7,17H2,1H3/t9-,10-,15?/m1/s1. The van der Waals surface area contributed by atoms with Crippen molar-refractivity contribution >= 4 is 12.7 Å². The second kappa shape index (κ2) is 4.45. The van der Waals surface area contributed by atoms with Gasteiger partial charge in [0.25, 0.3) is 0 Å². The maximum atomic E-state index is 14.1. The molecule has 1 aromatic carbocycles. The monoisotopic (exact) mass is 293 g/mol. The van der Waals surface area contributed by atoms with Crippen LogP contribution < -0.4 is 9.88 Å². The Morgan fingerprint density at radius 1 is 1.57 bits per heavy atom. The minimum Gasteiger partial charge on any atom is -0.640 e. The first-order valence-corrected chi connectivity index (χ1v) is 7.48. The largest absolute Gasteiger partial charge is 0.640 e. The Hall–Kier alpha value is -1.60. The summed E-state index contributed by atoms with van der Waals surface area (Å²) in [6, 6.07) is 3.05.